The third-order valence-electron chi connectivity index (χ3n) is 3.31. The predicted molar refractivity (Wildman–Crippen MR) is 75.7 cm³/mol. The molecule has 0 spiro atoms. The van der Waals surface area contributed by atoms with E-state index in [9.17, 15) is 13.2 Å². The number of carbonyl (C=O) groups excluding carboxylic acids is 1. The van der Waals surface area contributed by atoms with Gasteiger partial charge in [0.2, 0.25) is 0 Å². The molecule has 1 heterocycles. The van der Waals surface area contributed by atoms with Gasteiger partial charge in [-0.2, -0.15) is 0 Å². The summed E-state index contributed by atoms with van der Waals surface area (Å²) in [6.45, 7) is 3.31. The highest BCUT2D eigenvalue weighted by Gasteiger charge is 2.59. The molecule has 1 amide bonds. The summed E-state index contributed by atoms with van der Waals surface area (Å²) in [5, 5.41) is 0. The first-order valence-corrected chi connectivity index (χ1v) is 7.76. The van der Waals surface area contributed by atoms with E-state index in [-0.39, 0.29) is 12.5 Å². The van der Waals surface area contributed by atoms with Crippen molar-refractivity contribution in [2.75, 3.05) is 18.9 Å². The molecule has 1 saturated heterocycles. The van der Waals surface area contributed by atoms with Crippen LogP contribution < -0.4 is 10.5 Å². The van der Waals surface area contributed by atoms with Gasteiger partial charge in [0, 0.05) is 24.7 Å². The maximum absolute atomic E-state index is 11.8. The first-order chi connectivity index (χ1) is 9.26. The van der Waals surface area contributed by atoms with E-state index < -0.39 is 14.8 Å². The van der Waals surface area contributed by atoms with Crippen LogP contribution in [0, 0.1) is 0 Å². The van der Waals surface area contributed by atoms with Gasteiger partial charge in [0.15, 0.2) is 4.75 Å². The van der Waals surface area contributed by atoms with Crippen molar-refractivity contribution in [1.82, 2.24) is 4.31 Å². The van der Waals surface area contributed by atoms with Crippen LogP contribution in [-0.2, 0) is 14.8 Å². The zero-order valence-electron chi connectivity index (χ0n) is 11.5. The Kier molecular flexibility index (Phi) is 3.64. The number of sulfonamides is 1. The van der Waals surface area contributed by atoms with E-state index in [1.54, 1.807) is 24.3 Å². The lowest BCUT2D eigenvalue weighted by atomic mass is 10.2. The van der Waals surface area contributed by atoms with Crippen molar-refractivity contribution in [3.05, 3.63) is 24.3 Å². The number of amides is 1. The second-order valence-electron chi connectivity index (χ2n) is 5.17. The molecule has 0 radical (unpaired) electrons. The highest BCUT2D eigenvalue weighted by Crippen LogP contribution is 2.34. The van der Waals surface area contributed by atoms with Gasteiger partial charge in [0.05, 0.1) is 6.61 Å². The SMILES string of the molecule is CC1(C)C(=O)N(CCCOc2cccc(N)c2)S1(=O)=O. The summed E-state index contributed by atoms with van der Waals surface area (Å²) in [7, 11) is -3.49. The molecule has 110 valence electrons. The summed E-state index contributed by atoms with van der Waals surface area (Å²) in [6, 6.07) is 6.98. The number of carbonyl (C=O) groups is 1. The van der Waals surface area contributed by atoms with Crippen molar-refractivity contribution in [3.63, 3.8) is 0 Å². The Morgan fingerprint density at radius 3 is 2.65 bits per heavy atom. The molecule has 6 nitrogen and oxygen atoms in total. The number of nitrogen functional groups attached to an aromatic ring is 1. The lowest BCUT2D eigenvalue weighted by Gasteiger charge is -2.43. The molecule has 0 unspecified atom stereocenters. The standard InChI is InChI=1S/C13H18N2O4S/c1-13(2)12(16)15(20(13,17)18)7-4-8-19-11-6-3-5-10(14)9-11/h3,5-6,9H,4,7-8,14H2,1-2H3. The average Bonchev–Trinajstić information content (AvgIpc) is 2.37. The zero-order chi connectivity index (χ0) is 15.0. The minimum Gasteiger partial charge on any atom is -0.493 e. The van der Waals surface area contributed by atoms with Gasteiger partial charge in [-0.15, -0.1) is 0 Å². The molecule has 1 aromatic carbocycles. The van der Waals surface area contributed by atoms with E-state index in [2.05, 4.69) is 0 Å². The molecule has 2 rings (SSSR count). The van der Waals surface area contributed by atoms with Crippen LogP contribution in [0.15, 0.2) is 24.3 Å². The van der Waals surface area contributed by atoms with E-state index in [4.69, 9.17) is 10.5 Å². The summed E-state index contributed by atoms with van der Waals surface area (Å²) < 4.78 is 28.7. The Bertz CT molecular complexity index is 625. The lowest BCUT2D eigenvalue weighted by Crippen LogP contribution is -2.67. The third kappa shape index (κ3) is 2.33. The van der Waals surface area contributed by atoms with Crippen LogP contribution in [-0.4, -0.2) is 36.5 Å². The second kappa shape index (κ2) is 4.97. The van der Waals surface area contributed by atoms with E-state index in [0.29, 0.717) is 24.5 Å². The van der Waals surface area contributed by atoms with Crippen molar-refractivity contribution < 1.29 is 17.9 Å². The van der Waals surface area contributed by atoms with Gasteiger partial charge in [-0.1, -0.05) is 6.07 Å². The predicted octanol–water partition coefficient (Wildman–Crippen LogP) is 0.988. The second-order valence-corrected chi connectivity index (χ2v) is 7.58. The fourth-order valence-electron chi connectivity index (χ4n) is 1.98. The monoisotopic (exact) mass is 298 g/mol. The van der Waals surface area contributed by atoms with Gasteiger partial charge < -0.3 is 10.5 Å². The van der Waals surface area contributed by atoms with Crippen molar-refractivity contribution in [2.45, 2.75) is 25.0 Å². The number of hydrogen-bond acceptors (Lipinski definition) is 5. The van der Waals surface area contributed by atoms with Crippen molar-refractivity contribution >= 4 is 21.6 Å². The molecule has 1 aliphatic rings. The molecule has 7 heteroatoms. The maximum Gasteiger partial charge on any atom is 0.258 e. The Balaban J connectivity index is 1.82. The quantitative estimate of drug-likeness (QED) is 0.646. The highest BCUT2D eigenvalue weighted by atomic mass is 32.2. The Hall–Kier alpha value is -1.76. The van der Waals surface area contributed by atoms with E-state index in [1.165, 1.54) is 13.8 Å². The summed E-state index contributed by atoms with van der Waals surface area (Å²) in [6.07, 6.45) is 0.440. The van der Waals surface area contributed by atoms with Crippen LogP contribution in [0.3, 0.4) is 0 Å². The molecule has 20 heavy (non-hydrogen) atoms. The summed E-state index contributed by atoms with van der Waals surface area (Å²) in [4.78, 5) is 11.7. The number of nitrogens with two attached hydrogens (primary N) is 1. The molecule has 1 aliphatic heterocycles. The minimum atomic E-state index is -3.49. The van der Waals surface area contributed by atoms with Gasteiger partial charge in [0.1, 0.15) is 5.75 Å². The number of ether oxygens (including phenoxy) is 1. The molecule has 1 fully saturated rings. The largest absolute Gasteiger partial charge is 0.493 e. The van der Waals surface area contributed by atoms with Crippen LogP contribution in [0.5, 0.6) is 5.75 Å². The van der Waals surface area contributed by atoms with Crippen LogP contribution >= 0.6 is 0 Å². The Labute approximate surface area is 118 Å². The van der Waals surface area contributed by atoms with Gasteiger partial charge in [0.25, 0.3) is 15.9 Å². The van der Waals surface area contributed by atoms with Gasteiger partial charge >= 0.3 is 0 Å². The van der Waals surface area contributed by atoms with Crippen LogP contribution in [0.25, 0.3) is 0 Å². The minimum absolute atomic E-state index is 0.146. The average molecular weight is 298 g/mol. The van der Waals surface area contributed by atoms with E-state index >= 15 is 0 Å². The number of hydrogen-bond donors (Lipinski definition) is 1. The molecular formula is C13H18N2O4S. The normalized spacial score (nSPS) is 19.5. The van der Waals surface area contributed by atoms with Gasteiger partial charge in [-0.3, -0.25) is 4.79 Å². The van der Waals surface area contributed by atoms with Gasteiger partial charge in [-0.25, -0.2) is 12.7 Å². The topological polar surface area (TPSA) is 89.7 Å². The highest BCUT2D eigenvalue weighted by molar-refractivity contribution is 7.94. The fourth-order valence-corrected chi connectivity index (χ4v) is 3.55. The smallest absolute Gasteiger partial charge is 0.258 e. The first-order valence-electron chi connectivity index (χ1n) is 6.32. The number of nitrogens with zero attached hydrogens (tertiary/aromatic N) is 1. The fraction of sp³-hybridized carbons (Fsp3) is 0.462. The Morgan fingerprint density at radius 1 is 1.35 bits per heavy atom. The van der Waals surface area contributed by atoms with Crippen LogP contribution in [0.2, 0.25) is 0 Å². The van der Waals surface area contributed by atoms with Gasteiger partial charge in [-0.05, 0) is 26.0 Å². The number of benzene rings is 1. The third-order valence-corrected chi connectivity index (χ3v) is 5.70. The molecule has 2 N–H and O–H groups in total. The van der Waals surface area contributed by atoms with E-state index in [0.717, 1.165) is 4.31 Å². The van der Waals surface area contributed by atoms with E-state index in [1.807, 2.05) is 0 Å². The van der Waals surface area contributed by atoms with Crippen LogP contribution in [0.1, 0.15) is 20.3 Å². The maximum atomic E-state index is 11.8. The molecule has 0 atom stereocenters. The number of rotatable bonds is 5. The molecular weight excluding hydrogens is 280 g/mol. The first kappa shape index (κ1) is 14.6. The van der Waals surface area contributed by atoms with Crippen molar-refractivity contribution in [2.24, 2.45) is 0 Å². The molecule has 0 aliphatic carbocycles. The summed E-state index contributed by atoms with van der Waals surface area (Å²) in [5.74, 6) is 0.268. The van der Waals surface area contributed by atoms with Crippen molar-refractivity contribution in [1.29, 1.82) is 0 Å². The van der Waals surface area contributed by atoms with Crippen LogP contribution in [0.4, 0.5) is 5.69 Å². The zero-order valence-corrected chi connectivity index (χ0v) is 12.3. The Morgan fingerprint density at radius 2 is 2.05 bits per heavy atom. The summed E-state index contributed by atoms with van der Waals surface area (Å²) >= 11 is 0. The summed E-state index contributed by atoms with van der Waals surface area (Å²) in [5.41, 5.74) is 6.21. The van der Waals surface area contributed by atoms with Crippen molar-refractivity contribution in [3.8, 4) is 5.75 Å². The molecule has 0 bridgehead atoms. The molecule has 0 aromatic heterocycles. The molecule has 1 aromatic rings. The molecule has 0 saturated carbocycles. The number of anilines is 1. The lowest BCUT2D eigenvalue weighted by molar-refractivity contribution is -0.132.